The number of thioether (sulfide) groups is 1. The Kier molecular flexibility index (Phi) is 5.41. The summed E-state index contributed by atoms with van der Waals surface area (Å²) in [4.78, 5) is 23.9. The zero-order valence-electron chi connectivity index (χ0n) is 11.0. The first-order chi connectivity index (χ1) is 10.1. The first-order valence-corrected chi connectivity index (χ1v) is 7.91. The van der Waals surface area contributed by atoms with Gasteiger partial charge in [0.1, 0.15) is 0 Å². The van der Waals surface area contributed by atoms with Crippen LogP contribution in [0.1, 0.15) is 10.4 Å². The van der Waals surface area contributed by atoms with Gasteiger partial charge in [0.05, 0.1) is 11.4 Å². The summed E-state index contributed by atoms with van der Waals surface area (Å²) in [5, 5.41) is 2.84. The van der Waals surface area contributed by atoms with Crippen LogP contribution in [0, 0.1) is 0 Å². The molecule has 0 aliphatic heterocycles. The summed E-state index contributed by atoms with van der Waals surface area (Å²) in [6, 6.07) is 14.4. The number of benzene rings is 2. The van der Waals surface area contributed by atoms with Crippen molar-refractivity contribution in [2.75, 3.05) is 11.1 Å². The second-order valence-electron chi connectivity index (χ2n) is 4.21. The Morgan fingerprint density at radius 1 is 1.10 bits per heavy atom. The number of nitrogens with one attached hydrogen (secondary N) is 1. The zero-order chi connectivity index (χ0) is 15.2. The lowest BCUT2D eigenvalue weighted by molar-refractivity contribution is -0.115. The molecule has 21 heavy (non-hydrogen) atoms. The van der Waals surface area contributed by atoms with Gasteiger partial charge in [0.2, 0.25) is 5.91 Å². The molecule has 2 rings (SSSR count). The van der Waals surface area contributed by atoms with Gasteiger partial charge in [0, 0.05) is 14.9 Å². The van der Waals surface area contributed by atoms with Crippen molar-refractivity contribution in [3.05, 3.63) is 58.6 Å². The van der Waals surface area contributed by atoms with Gasteiger partial charge in [-0.15, -0.1) is 11.8 Å². The number of hydrogen-bond donors (Lipinski definition) is 2. The Morgan fingerprint density at radius 2 is 1.76 bits per heavy atom. The van der Waals surface area contributed by atoms with Crippen molar-refractivity contribution in [3.8, 4) is 0 Å². The van der Waals surface area contributed by atoms with E-state index < -0.39 is 5.91 Å². The van der Waals surface area contributed by atoms with E-state index >= 15 is 0 Å². The average Bonchev–Trinajstić information content (AvgIpc) is 2.47. The third kappa shape index (κ3) is 4.61. The van der Waals surface area contributed by atoms with Crippen LogP contribution in [-0.2, 0) is 4.79 Å². The third-order valence-electron chi connectivity index (χ3n) is 2.61. The molecule has 0 aliphatic carbocycles. The van der Waals surface area contributed by atoms with E-state index in [2.05, 4.69) is 21.2 Å². The SMILES string of the molecule is NC(=O)CSc1ccccc1NC(=O)c1ccc(Br)cc1. The Balaban J connectivity index is 2.13. The Morgan fingerprint density at radius 3 is 2.43 bits per heavy atom. The van der Waals surface area contributed by atoms with E-state index in [0.717, 1.165) is 9.37 Å². The van der Waals surface area contributed by atoms with Gasteiger partial charge < -0.3 is 11.1 Å². The summed E-state index contributed by atoms with van der Waals surface area (Å²) in [6.07, 6.45) is 0. The fourth-order valence-electron chi connectivity index (χ4n) is 1.64. The van der Waals surface area contributed by atoms with E-state index in [1.807, 2.05) is 30.3 Å². The minimum atomic E-state index is -0.394. The second-order valence-corrected chi connectivity index (χ2v) is 6.15. The molecule has 0 heterocycles. The average molecular weight is 365 g/mol. The number of anilines is 1. The molecule has 0 saturated heterocycles. The van der Waals surface area contributed by atoms with Crippen molar-refractivity contribution in [1.82, 2.24) is 0 Å². The molecule has 6 heteroatoms. The van der Waals surface area contributed by atoms with E-state index in [0.29, 0.717) is 11.3 Å². The lowest BCUT2D eigenvalue weighted by atomic mass is 10.2. The van der Waals surface area contributed by atoms with Crippen molar-refractivity contribution < 1.29 is 9.59 Å². The normalized spacial score (nSPS) is 10.1. The highest BCUT2D eigenvalue weighted by atomic mass is 79.9. The van der Waals surface area contributed by atoms with Crippen LogP contribution in [0.2, 0.25) is 0 Å². The molecule has 4 nitrogen and oxygen atoms in total. The maximum atomic E-state index is 12.2. The highest BCUT2D eigenvalue weighted by Crippen LogP contribution is 2.27. The molecule has 2 aromatic carbocycles. The van der Waals surface area contributed by atoms with Crippen LogP contribution in [0.3, 0.4) is 0 Å². The summed E-state index contributed by atoms with van der Waals surface area (Å²) >= 11 is 4.63. The van der Waals surface area contributed by atoms with Gasteiger partial charge in [-0.25, -0.2) is 0 Å². The molecule has 3 N–H and O–H groups in total. The smallest absolute Gasteiger partial charge is 0.255 e. The van der Waals surface area contributed by atoms with E-state index in [-0.39, 0.29) is 11.7 Å². The van der Waals surface area contributed by atoms with Gasteiger partial charge in [-0.1, -0.05) is 28.1 Å². The third-order valence-corrected chi connectivity index (χ3v) is 4.24. The number of rotatable bonds is 5. The van der Waals surface area contributed by atoms with Crippen molar-refractivity contribution in [1.29, 1.82) is 0 Å². The quantitative estimate of drug-likeness (QED) is 0.799. The minimum absolute atomic E-state index is 0.172. The molecule has 2 aromatic rings. The van der Waals surface area contributed by atoms with Gasteiger partial charge in [0.15, 0.2) is 0 Å². The Bertz CT molecular complexity index is 659. The summed E-state index contributed by atoms with van der Waals surface area (Å²) in [5.41, 5.74) is 6.37. The molecular weight excluding hydrogens is 352 g/mol. The Labute approximate surface area is 135 Å². The number of halogens is 1. The standard InChI is InChI=1S/C15H13BrN2O2S/c16-11-7-5-10(6-8-11)15(20)18-12-3-1-2-4-13(12)21-9-14(17)19/h1-8H,9H2,(H2,17,19)(H,18,20). The van der Waals surface area contributed by atoms with Crippen LogP contribution >= 0.6 is 27.7 Å². The zero-order valence-corrected chi connectivity index (χ0v) is 13.4. The van der Waals surface area contributed by atoms with Crippen LogP contribution in [0.25, 0.3) is 0 Å². The number of hydrogen-bond acceptors (Lipinski definition) is 3. The Hall–Kier alpha value is -1.79. The van der Waals surface area contributed by atoms with Gasteiger partial charge >= 0.3 is 0 Å². The second kappa shape index (κ2) is 7.28. The van der Waals surface area contributed by atoms with Gasteiger partial charge in [-0.05, 0) is 36.4 Å². The summed E-state index contributed by atoms with van der Waals surface area (Å²) in [6.45, 7) is 0. The molecule has 0 atom stereocenters. The number of nitrogens with two attached hydrogens (primary N) is 1. The maximum absolute atomic E-state index is 12.2. The van der Waals surface area contributed by atoms with Crippen LogP contribution in [-0.4, -0.2) is 17.6 Å². The first kappa shape index (κ1) is 15.6. The predicted octanol–water partition coefficient (Wildman–Crippen LogP) is 3.28. The highest BCUT2D eigenvalue weighted by Gasteiger charge is 2.09. The monoisotopic (exact) mass is 364 g/mol. The van der Waals surface area contributed by atoms with Crippen molar-refractivity contribution in [2.24, 2.45) is 5.73 Å². The lowest BCUT2D eigenvalue weighted by Crippen LogP contribution is -2.14. The number of carbonyl (C=O) groups is 2. The van der Waals surface area contributed by atoms with Gasteiger partial charge in [-0.3, -0.25) is 9.59 Å². The molecule has 0 saturated carbocycles. The van der Waals surface area contributed by atoms with E-state index in [1.165, 1.54) is 11.8 Å². The predicted molar refractivity (Wildman–Crippen MR) is 88.5 cm³/mol. The van der Waals surface area contributed by atoms with Crippen LogP contribution in [0.15, 0.2) is 57.9 Å². The molecule has 2 amide bonds. The van der Waals surface area contributed by atoms with Crippen molar-refractivity contribution in [2.45, 2.75) is 4.90 Å². The van der Waals surface area contributed by atoms with Crippen LogP contribution in [0.4, 0.5) is 5.69 Å². The van der Waals surface area contributed by atoms with E-state index in [9.17, 15) is 9.59 Å². The minimum Gasteiger partial charge on any atom is -0.369 e. The number of primary amides is 1. The van der Waals surface area contributed by atoms with Gasteiger partial charge in [0.25, 0.3) is 5.91 Å². The summed E-state index contributed by atoms with van der Waals surface area (Å²) in [5.74, 6) is -0.422. The van der Waals surface area contributed by atoms with Gasteiger partial charge in [-0.2, -0.15) is 0 Å². The molecule has 0 fully saturated rings. The maximum Gasteiger partial charge on any atom is 0.255 e. The van der Waals surface area contributed by atoms with Crippen LogP contribution < -0.4 is 11.1 Å². The fraction of sp³-hybridized carbons (Fsp3) is 0.0667. The summed E-state index contributed by atoms with van der Waals surface area (Å²) in [7, 11) is 0. The fourth-order valence-corrected chi connectivity index (χ4v) is 2.65. The molecule has 0 unspecified atom stereocenters. The molecule has 0 radical (unpaired) electrons. The molecule has 0 aliphatic rings. The highest BCUT2D eigenvalue weighted by molar-refractivity contribution is 9.10. The lowest BCUT2D eigenvalue weighted by Gasteiger charge is -2.10. The number of carbonyl (C=O) groups excluding carboxylic acids is 2. The van der Waals surface area contributed by atoms with E-state index in [4.69, 9.17) is 5.73 Å². The topological polar surface area (TPSA) is 72.2 Å². The number of amides is 2. The number of para-hydroxylation sites is 1. The van der Waals surface area contributed by atoms with E-state index in [1.54, 1.807) is 18.2 Å². The molecular formula is C15H13BrN2O2S. The molecule has 0 spiro atoms. The van der Waals surface area contributed by atoms with Crippen molar-refractivity contribution in [3.63, 3.8) is 0 Å². The summed E-state index contributed by atoms with van der Waals surface area (Å²) < 4.78 is 0.913. The largest absolute Gasteiger partial charge is 0.369 e. The molecule has 0 aromatic heterocycles. The molecule has 108 valence electrons. The van der Waals surface area contributed by atoms with Crippen LogP contribution in [0.5, 0.6) is 0 Å². The first-order valence-electron chi connectivity index (χ1n) is 6.13. The van der Waals surface area contributed by atoms with Crippen molar-refractivity contribution >= 4 is 45.2 Å². The molecule has 0 bridgehead atoms.